The van der Waals surface area contributed by atoms with E-state index in [1.165, 1.54) is 33.5 Å². The molecule has 0 fully saturated rings. The standard InChI is InChI=1S/C15H15N/c1-9-4-6-12-13-7-5-10(2)16-15(13)8-14(12)11(9)3/h4-7H,8H2,1-3H3. The third-order valence-electron chi connectivity index (χ3n) is 3.62. The zero-order valence-electron chi connectivity index (χ0n) is 9.96. The first-order chi connectivity index (χ1) is 7.66. The molecule has 1 heterocycles. The number of pyridine rings is 1. The van der Waals surface area contributed by atoms with E-state index in [-0.39, 0.29) is 0 Å². The first-order valence-electron chi connectivity index (χ1n) is 5.73. The van der Waals surface area contributed by atoms with Crippen molar-refractivity contribution < 1.29 is 0 Å². The van der Waals surface area contributed by atoms with Crippen molar-refractivity contribution in [3.05, 3.63) is 52.3 Å². The maximum Gasteiger partial charge on any atom is 0.0529 e. The Bertz CT molecular complexity index is 582. The van der Waals surface area contributed by atoms with Crippen LogP contribution < -0.4 is 0 Å². The van der Waals surface area contributed by atoms with Crippen LogP contribution >= 0.6 is 0 Å². The van der Waals surface area contributed by atoms with E-state index in [0.29, 0.717) is 0 Å². The van der Waals surface area contributed by atoms with Gasteiger partial charge in [0.05, 0.1) is 5.69 Å². The van der Waals surface area contributed by atoms with Gasteiger partial charge in [-0.3, -0.25) is 4.98 Å². The molecule has 0 amide bonds. The third-order valence-corrected chi connectivity index (χ3v) is 3.62. The average Bonchev–Trinajstić information content (AvgIpc) is 2.62. The summed E-state index contributed by atoms with van der Waals surface area (Å²) in [6, 6.07) is 8.75. The van der Waals surface area contributed by atoms with E-state index < -0.39 is 0 Å². The fourth-order valence-corrected chi connectivity index (χ4v) is 2.51. The fourth-order valence-electron chi connectivity index (χ4n) is 2.51. The van der Waals surface area contributed by atoms with E-state index in [0.717, 1.165) is 12.1 Å². The molecule has 0 atom stereocenters. The third kappa shape index (κ3) is 1.21. The second kappa shape index (κ2) is 3.18. The quantitative estimate of drug-likeness (QED) is 0.551. The summed E-state index contributed by atoms with van der Waals surface area (Å²) in [6.07, 6.45) is 1.000. The van der Waals surface area contributed by atoms with Crippen molar-refractivity contribution in [3.8, 4) is 11.1 Å². The Morgan fingerprint density at radius 1 is 0.938 bits per heavy atom. The Labute approximate surface area is 96.2 Å². The smallest absolute Gasteiger partial charge is 0.0529 e. The van der Waals surface area contributed by atoms with E-state index in [9.17, 15) is 0 Å². The lowest BCUT2D eigenvalue weighted by Gasteiger charge is -2.06. The molecule has 1 nitrogen and oxygen atoms in total. The highest BCUT2D eigenvalue weighted by Gasteiger charge is 2.21. The monoisotopic (exact) mass is 209 g/mol. The lowest BCUT2D eigenvalue weighted by molar-refractivity contribution is 1.06. The maximum atomic E-state index is 4.64. The Kier molecular flexibility index (Phi) is 1.90. The van der Waals surface area contributed by atoms with Gasteiger partial charge in [0.15, 0.2) is 0 Å². The van der Waals surface area contributed by atoms with Gasteiger partial charge in [-0.15, -0.1) is 0 Å². The van der Waals surface area contributed by atoms with Crippen molar-refractivity contribution in [2.24, 2.45) is 0 Å². The van der Waals surface area contributed by atoms with Crippen molar-refractivity contribution in [2.45, 2.75) is 27.2 Å². The fraction of sp³-hybridized carbons (Fsp3) is 0.267. The van der Waals surface area contributed by atoms with Gasteiger partial charge in [0, 0.05) is 17.7 Å². The van der Waals surface area contributed by atoms with E-state index >= 15 is 0 Å². The minimum Gasteiger partial charge on any atom is -0.257 e. The van der Waals surface area contributed by atoms with E-state index in [4.69, 9.17) is 0 Å². The molecule has 0 saturated heterocycles. The molecule has 1 heteroatoms. The van der Waals surface area contributed by atoms with Crippen molar-refractivity contribution in [1.82, 2.24) is 4.98 Å². The normalized spacial score (nSPS) is 12.4. The van der Waals surface area contributed by atoms with Crippen LogP contribution in [0.1, 0.15) is 28.1 Å². The molecular formula is C15H15N. The van der Waals surface area contributed by atoms with Gasteiger partial charge < -0.3 is 0 Å². The highest BCUT2D eigenvalue weighted by molar-refractivity contribution is 5.77. The summed E-state index contributed by atoms with van der Waals surface area (Å²) in [4.78, 5) is 4.64. The SMILES string of the molecule is Cc1ccc2c(n1)Cc1c-2ccc(C)c1C. The van der Waals surface area contributed by atoms with Crippen LogP contribution in [0, 0.1) is 20.8 Å². The Balaban J connectivity index is 2.27. The summed E-state index contributed by atoms with van der Waals surface area (Å²) < 4.78 is 0. The molecule has 1 aromatic carbocycles. The van der Waals surface area contributed by atoms with Crippen LogP contribution in [0.2, 0.25) is 0 Å². The van der Waals surface area contributed by atoms with Crippen molar-refractivity contribution in [1.29, 1.82) is 0 Å². The summed E-state index contributed by atoms with van der Waals surface area (Å²) in [7, 11) is 0. The van der Waals surface area contributed by atoms with Crippen LogP contribution in [-0.4, -0.2) is 4.98 Å². The van der Waals surface area contributed by atoms with Crippen LogP contribution in [-0.2, 0) is 6.42 Å². The van der Waals surface area contributed by atoms with Gasteiger partial charge in [0.1, 0.15) is 0 Å². The Morgan fingerprint density at radius 3 is 2.50 bits per heavy atom. The molecule has 0 saturated carbocycles. The van der Waals surface area contributed by atoms with Gasteiger partial charge >= 0.3 is 0 Å². The number of benzene rings is 1. The highest BCUT2D eigenvalue weighted by Crippen LogP contribution is 2.38. The number of fused-ring (bicyclic) bond motifs is 3. The van der Waals surface area contributed by atoms with Gasteiger partial charge in [-0.25, -0.2) is 0 Å². The average molecular weight is 209 g/mol. The Hall–Kier alpha value is -1.63. The molecule has 80 valence electrons. The topological polar surface area (TPSA) is 12.9 Å². The largest absolute Gasteiger partial charge is 0.257 e. The lowest BCUT2D eigenvalue weighted by atomic mass is 9.98. The van der Waals surface area contributed by atoms with Crippen LogP contribution in [0.5, 0.6) is 0 Å². The van der Waals surface area contributed by atoms with E-state index in [1.54, 1.807) is 0 Å². The van der Waals surface area contributed by atoms with Crippen molar-refractivity contribution in [2.75, 3.05) is 0 Å². The molecule has 1 aliphatic carbocycles. The highest BCUT2D eigenvalue weighted by atomic mass is 14.7. The molecule has 0 N–H and O–H groups in total. The summed E-state index contributed by atoms with van der Waals surface area (Å²) in [5.74, 6) is 0. The van der Waals surface area contributed by atoms with Gasteiger partial charge in [-0.1, -0.05) is 18.2 Å². The van der Waals surface area contributed by atoms with Gasteiger partial charge in [0.2, 0.25) is 0 Å². The number of nitrogens with zero attached hydrogens (tertiary/aromatic N) is 1. The van der Waals surface area contributed by atoms with Gasteiger partial charge in [-0.2, -0.15) is 0 Å². The first-order valence-corrected chi connectivity index (χ1v) is 5.73. The lowest BCUT2D eigenvalue weighted by Crippen LogP contribution is -1.91. The number of hydrogen-bond donors (Lipinski definition) is 0. The molecule has 16 heavy (non-hydrogen) atoms. The summed E-state index contributed by atoms with van der Waals surface area (Å²) >= 11 is 0. The van der Waals surface area contributed by atoms with E-state index in [1.807, 2.05) is 0 Å². The molecule has 0 unspecified atom stereocenters. The number of aryl methyl sites for hydroxylation is 2. The van der Waals surface area contributed by atoms with Gasteiger partial charge in [0.25, 0.3) is 0 Å². The second-order valence-corrected chi connectivity index (χ2v) is 4.66. The predicted octanol–water partition coefficient (Wildman–Crippen LogP) is 3.58. The van der Waals surface area contributed by atoms with Gasteiger partial charge in [-0.05, 0) is 49.1 Å². The summed E-state index contributed by atoms with van der Waals surface area (Å²) in [6.45, 7) is 6.45. The molecule has 0 radical (unpaired) electrons. The summed E-state index contributed by atoms with van der Waals surface area (Å²) in [5, 5.41) is 0. The molecular weight excluding hydrogens is 194 g/mol. The number of aromatic nitrogens is 1. The van der Waals surface area contributed by atoms with Crippen molar-refractivity contribution >= 4 is 0 Å². The van der Waals surface area contributed by atoms with Crippen LogP contribution in [0.3, 0.4) is 0 Å². The first kappa shape index (κ1) is 9.59. The minimum atomic E-state index is 1.000. The van der Waals surface area contributed by atoms with Crippen LogP contribution in [0.15, 0.2) is 24.3 Å². The molecule has 0 bridgehead atoms. The minimum absolute atomic E-state index is 1.000. The molecule has 1 aliphatic rings. The number of hydrogen-bond acceptors (Lipinski definition) is 1. The molecule has 3 rings (SSSR count). The molecule has 0 aliphatic heterocycles. The Morgan fingerprint density at radius 2 is 1.69 bits per heavy atom. The van der Waals surface area contributed by atoms with Crippen LogP contribution in [0.25, 0.3) is 11.1 Å². The molecule has 2 aromatic rings. The number of rotatable bonds is 0. The second-order valence-electron chi connectivity index (χ2n) is 4.66. The van der Waals surface area contributed by atoms with Crippen LogP contribution in [0.4, 0.5) is 0 Å². The van der Waals surface area contributed by atoms with Crippen molar-refractivity contribution in [3.63, 3.8) is 0 Å². The molecule has 0 spiro atoms. The zero-order valence-corrected chi connectivity index (χ0v) is 9.96. The predicted molar refractivity (Wildman–Crippen MR) is 66.7 cm³/mol. The molecule has 1 aromatic heterocycles. The summed E-state index contributed by atoms with van der Waals surface area (Å²) in [5.41, 5.74) is 9.32. The zero-order chi connectivity index (χ0) is 11.3. The van der Waals surface area contributed by atoms with E-state index in [2.05, 4.69) is 50.0 Å². The maximum absolute atomic E-state index is 4.64.